The molecule has 2 fully saturated rings. The molecule has 92 valence electrons. The molecular formula is C15H20O2. The molecule has 0 radical (unpaired) electrons. The number of benzene rings is 1. The van der Waals surface area contributed by atoms with Crippen LogP contribution in [0.15, 0.2) is 30.3 Å². The van der Waals surface area contributed by atoms with Crippen LogP contribution in [0.2, 0.25) is 0 Å². The maximum absolute atomic E-state index is 6.06. The van der Waals surface area contributed by atoms with E-state index in [1.807, 2.05) is 18.2 Å². The summed E-state index contributed by atoms with van der Waals surface area (Å²) in [4.78, 5) is 0. The summed E-state index contributed by atoms with van der Waals surface area (Å²) < 4.78 is 12.1. The Morgan fingerprint density at radius 2 is 1.35 bits per heavy atom. The van der Waals surface area contributed by atoms with Gasteiger partial charge in [-0.15, -0.1) is 0 Å². The van der Waals surface area contributed by atoms with Gasteiger partial charge in [0.1, 0.15) is 0 Å². The van der Waals surface area contributed by atoms with Gasteiger partial charge >= 0.3 is 0 Å². The predicted molar refractivity (Wildman–Crippen MR) is 66.6 cm³/mol. The van der Waals surface area contributed by atoms with Crippen LogP contribution < -0.4 is 0 Å². The van der Waals surface area contributed by atoms with Crippen molar-refractivity contribution in [2.24, 2.45) is 0 Å². The Morgan fingerprint density at radius 1 is 0.765 bits per heavy atom. The molecule has 2 aliphatic rings. The average Bonchev–Trinajstić information content (AvgIpc) is 2.73. The molecule has 1 aromatic rings. The molecule has 1 saturated heterocycles. The molecule has 3 rings (SSSR count). The third-order valence-corrected chi connectivity index (χ3v) is 3.81. The van der Waals surface area contributed by atoms with Crippen molar-refractivity contribution in [3.63, 3.8) is 0 Å². The molecule has 1 saturated carbocycles. The zero-order valence-electron chi connectivity index (χ0n) is 10.2. The second-order valence-electron chi connectivity index (χ2n) is 5.08. The summed E-state index contributed by atoms with van der Waals surface area (Å²) >= 11 is 0. The van der Waals surface area contributed by atoms with E-state index in [0.29, 0.717) is 12.2 Å². The number of hydrogen-bond donors (Lipinski definition) is 0. The molecule has 2 atom stereocenters. The summed E-state index contributed by atoms with van der Waals surface area (Å²) in [5.41, 5.74) is 1.15. The van der Waals surface area contributed by atoms with Crippen LogP contribution in [0.3, 0.4) is 0 Å². The molecule has 1 aromatic carbocycles. The van der Waals surface area contributed by atoms with Gasteiger partial charge < -0.3 is 9.47 Å². The van der Waals surface area contributed by atoms with Crippen LogP contribution in [0.4, 0.5) is 0 Å². The Balaban J connectivity index is 1.70. The maximum atomic E-state index is 6.06. The minimum absolute atomic E-state index is 0.135. The lowest BCUT2D eigenvalue weighted by molar-refractivity contribution is -0.0699. The normalized spacial score (nSPS) is 30.6. The number of hydrogen-bond acceptors (Lipinski definition) is 2. The predicted octanol–water partition coefficient (Wildman–Crippen LogP) is 3.82. The van der Waals surface area contributed by atoms with Crippen LogP contribution in [0.1, 0.15) is 50.4 Å². The van der Waals surface area contributed by atoms with Gasteiger partial charge in [0.25, 0.3) is 0 Å². The molecule has 2 nitrogen and oxygen atoms in total. The van der Waals surface area contributed by atoms with Gasteiger partial charge in [-0.3, -0.25) is 0 Å². The molecule has 1 heterocycles. The van der Waals surface area contributed by atoms with E-state index >= 15 is 0 Å². The Kier molecular flexibility index (Phi) is 3.44. The SMILES string of the molecule is c1ccc(C2O[C@@H]3CCCCCC[C@H]3O2)cc1. The van der Waals surface area contributed by atoms with Gasteiger partial charge in [-0.1, -0.05) is 56.0 Å². The smallest absolute Gasteiger partial charge is 0.184 e. The summed E-state index contributed by atoms with van der Waals surface area (Å²) in [6, 6.07) is 10.3. The van der Waals surface area contributed by atoms with Crippen LogP contribution in [-0.4, -0.2) is 12.2 Å². The van der Waals surface area contributed by atoms with Gasteiger partial charge in [-0.25, -0.2) is 0 Å². The minimum Gasteiger partial charge on any atom is -0.342 e. The molecule has 1 aliphatic heterocycles. The lowest BCUT2D eigenvalue weighted by atomic mass is 9.96. The van der Waals surface area contributed by atoms with Gasteiger partial charge in [0.2, 0.25) is 0 Å². The van der Waals surface area contributed by atoms with Gasteiger partial charge in [-0.05, 0) is 12.8 Å². The van der Waals surface area contributed by atoms with Gasteiger partial charge in [0.05, 0.1) is 12.2 Å². The van der Waals surface area contributed by atoms with Crippen molar-refractivity contribution < 1.29 is 9.47 Å². The molecule has 2 heteroatoms. The molecule has 0 bridgehead atoms. The topological polar surface area (TPSA) is 18.5 Å². The maximum Gasteiger partial charge on any atom is 0.184 e. The van der Waals surface area contributed by atoms with Gasteiger partial charge in [-0.2, -0.15) is 0 Å². The first-order valence-corrected chi connectivity index (χ1v) is 6.79. The molecule has 0 spiro atoms. The summed E-state index contributed by atoms with van der Waals surface area (Å²) in [7, 11) is 0. The van der Waals surface area contributed by atoms with Crippen molar-refractivity contribution in [2.45, 2.75) is 57.0 Å². The zero-order chi connectivity index (χ0) is 11.5. The first-order valence-electron chi connectivity index (χ1n) is 6.79. The highest BCUT2D eigenvalue weighted by molar-refractivity contribution is 5.16. The Bertz CT molecular complexity index is 333. The first kappa shape index (κ1) is 11.2. The van der Waals surface area contributed by atoms with Crippen molar-refractivity contribution in [2.75, 3.05) is 0 Å². The molecular weight excluding hydrogens is 212 g/mol. The third-order valence-electron chi connectivity index (χ3n) is 3.81. The van der Waals surface area contributed by atoms with Crippen LogP contribution in [0, 0.1) is 0 Å². The van der Waals surface area contributed by atoms with E-state index in [1.165, 1.54) is 25.7 Å². The Morgan fingerprint density at radius 3 is 1.94 bits per heavy atom. The average molecular weight is 232 g/mol. The molecule has 0 aromatic heterocycles. The molecule has 0 amide bonds. The lowest BCUT2D eigenvalue weighted by Gasteiger charge is -2.19. The summed E-state index contributed by atoms with van der Waals surface area (Å²) in [5, 5.41) is 0. The largest absolute Gasteiger partial charge is 0.342 e. The molecule has 0 unspecified atom stereocenters. The highest BCUT2D eigenvalue weighted by atomic mass is 16.7. The highest BCUT2D eigenvalue weighted by Gasteiger charge is 2.36. The number of ether oxygens (including phenoxy) is 2. The first-order chi connectivity index (χ1) is 8.43. The third kappa shape index (κ3) is 2.53. The number of fused-ring (bicyclic) bond motifs is 1. The van der Waals surface area contributed by atoms with Crippen LogP contribution in [-0.2, 0) is 9.47 Å². The van der Waals surface area contributed by atoms with Crippen molar-refractivity contribution >= 4 is 0 Å². The summed E-state index contributed by atoms with van der Waals surface area (Å²) in [6.45, 7) is 0. The van der Waals surface area contributed by atoms with E-state index < -0.39 is 0 Å². The van der Waals surface area contributed by atoms with E-state index in [1.54, 1.807) is 0 Å². The van der Waals surface area contributed by atoms with E-state index in [0.717, 1.165) is 18.4 Å². The van der Waals surface area contributed by atoms with Crippen LogP contribution in [0.5, 0.6) is 0 Å². The fourth-order valence-electron chi connectivity index (χ4n) is 2.84. The number of rotatable bonds is 1. The van der Waals surface area contributed by atoms with Crippen molar-refractivity contribution in [1.82, 2.24) is 0 Å². The standard InChI is InChI=1S/C15H20O2/c1-2-7-11-14-13(10-6-1)16-15(17-14)12-8-4-3-5-9-12/h3-5,8-9,13-15H,1-2,6-7,10-11H2/t13-,14-/m1/s1. The van der Waals surface area contributed by atoms with Crippen LogP contribution >= 0.6 is 0 Å². The second kappa shape index (κ2) is 5.19. The second-order valence-corrected chi connectivity index (χ2v) is 5.08. The van der Waals surface area contributed by atoms with E-state index in [2.05, 4.69) is 12.1 Å². The van der Waals surface area contributed by atoms with E-state index in [-0.39, 0.29) is 6.29 Å². The van der Waals surface area contributed by atoms with Crippen LogP contribution in [0.25, 0.3) is 0 Å². The summed E-state index contributed by atoms with van der Waals surface area (Å²) in [6.07, 6.45) is 8.09. The fourth-order valence-corrected chi connectivity index (χ4v) is 2.84. The van der Waals surface area contributed by atoms with Crippen molar-refractivity contribution in [3.8, 4) is 0 Å². The minimum atomic E-state index is -0.135. The lowest BCUT2D eigenvalue weighted by Crippen LogP contribution is -2.23. The molecule has 1 aliphatic carbocycles. The van der Waals surface area contributed by atoms with Crippen molar-refractivity contribution in [3.05, 3.63) is 35.9 Å². The van der Waals surface area contributed by atoms with Gasteiger partial charge in [0, 0.05) is 5.56 Å². The summed E-state index contributed by atoms with van der Waals surface area (Å²) in [5.74, 6) is 0. The fraction of sp³-hybridized carbons (Fsp3) is 0.600. The molecule has 0 N–H and O–H groups in total. The monoisotopic (exact) mass is 232 g/mol. The highest BCUT2D eigenvalue weighted by Crippen LogP contribution is 2.36. The van der Waals surface area contributed by atoms with Crippen molar-refractivity contribution in [1.29, 1.82) is 0 Å². The Hall–Kier alpha value is -0.860. The zero-order valence-corrected chi connectivity index (χ0v) is 10.2. The Labute approximate surface area is 103 Å². The van der Waals surface area contributed by atoms with E-state index in [4.69, 9.17) is 9.47 Å². The quantitative estimate of drug-likeness (QED) is 0.732. The molecule has 17 heavy (non-hydrogen) atoms. The van der Waals surface area contributed by atoms with Gasteiger partial charge in [0.15, 0.2) is 6.29 Å². The van der Waals surface area contributed by atoms with E-state index in [9.17, 15) is 0 Å².